The lowest BCUT2D eigenvalue weighted by molar-refractivity contribution is 0.0993. The first kappa shape index (κ1) is 15.0. The van der Waals surface area contributed by atoms with Crippen LogP contribution >= 0.6 is 0 Å². The molecular formula is C17H19FN2O. The van der Waals surface area contributed by atoms with Gasteiger partial charge in [0.1, 0.15) is 5.82 Å². The first-order valence-corrected chi connectivity index (χ1v) is 7.00. The van der Waals surface area contributed by atoms with Crippen LogP contribution in [0.1, 0.15) is 23.7 Å². The third-order valence-corrected chi connectivity index (χ3v) is 3.24. The Morgan fingerprint density at radius 3 is 2.48 bits per heavy atom. The Bertz CT molecular complexity index is 610. The lowest BCUT2D eigenvalue weighted by Crippen LogP contribution is -2.27. The standard InChI is InChI=1S/C17H19FN2O/c1-3-12-19-16-7-5-4-6-15(16)17(21)20(2)14-10-8-13(18)9-11-14/h4-11,19H,3,12H2,1-2H3. The molecule has 2 aromatic rings. The van der Waals surface area contributed by atoms with Crippen molar-refractivity contribution in [2.75, 3.05) is 23.8 Å². The molecule has 0 bridgehead atoms. The Hall–Kier alpha value is -2.36. The highest BCUT2D eigenvalue weighted by Gasteiger charge is 2.16. The molecule has 0 unspecified atom stereocenters. The number of para-hydroxylation sites is 1. The molecule has 0 aliphatic heterocycles. The quantitative estimate of drug-likeness (QED) is 0.903. The number of hydrogen-bond acceptors (Lipinski definition) is 2. The lowest BCUT2D eigenvalue weighted by Gasteiger charge is -2.19. The summed E-state index contributed by atoms with van der Waals surface area (Å²) in [6.45, 7) is 2.88. The topological polar surface area (TPSA) is 32.3 Å². The van der Waals surface area contributed by atoms with Gasteiger partial charge in [0.2, 0.25) is 0 Å². The maximum atomic E-state index is 13.0. The number of halogens is 1. The van der Waals surface area contributed by atoms with Crippen molar-refractivity contribution in [3.63, 3.8) is 0 Å². The smallest absolute Gasteiger partial charge is 0.260 e. The lowest BCUT2D eigenvalue weighted by atomic mass is 10.1. The van der Waals surface area contributed by atoms with Gasteiger partial charge in [-0.05, 0) is 42.8 Å². The van der Waals surface area contributed by atoms with Gasteiger partial charge in [-0.15, -0.1) is 0 Å². The van der Waals surface area contributed by atoms with E-state index in [1.807, 2.05) is 18.2 Å². The van der Waals surface area contributed by atoms with Gasteiger partial charge in [-0.3, -0.25) is 4.79 Å². The molecule has 1 amide bonds. The monoisotopic (exact) mass is 286 g/mol. The van der Waals surface area contributed by atoms with Crippen LogP contribution in [-0.2, 0) is 0 Å². The molecule has 0 saturated heterocycles. The van der Waals surface area contributed by atoms with Gasteiger partial charge >= 0.3 is 0 Å². The van der Waals surface area contributed by atoms with Gasteiger partial charge in [-0.1, -0.05) is 19.1 Å². The highest BCUT2D eigenvalue weighted by molar-refractivity contribution is 6.09. The van der Waals surface area contributed by atoms with Crippen LogP contribution in [0.4, 0.5) is 15.8 Å². The number of amides is 1. The number of hydrogen-bond donors (Lipinski definition) is 1. The zero-order chi connectivity index (χ0) is 15.2. The van der Waals surface area contributed by atoms with E-state index in [1.54, 1.807) is 25.2 Å². The van der Waals surface area contributed by atoms with Gasteiger partial charge in [-0.25, -0.2) is 4.39 Å². The van der Waals surface area contributed by atoms with E-state index in [0.29, 0.717) is 11.3 Å². The molecule has 0 radical (unpaired) electrons. The number of rotatable bonds is 5. The average molecular weight is 286 g/mol. The van der Waals surface area contributed by atoms with Crippen molar-refractivity contribution in [1.29, 1.82) is 0 Å². The zero-order valence-electron chi connectivity index (χ0n) is 12.3. The molecule has 0 aliphatic carbocycles. The third kappa shape index (κ3) is 3.60. The summed E-state index contributed by atoms with van der Waals surface area (Å²) in [6, 6.07) is 13.3. The molecule has 1 N–H and O–H groups in total. The molecule has 0 aliphatic rings. The average Bonchev–Trinajstić information content (AvgIpc) is 2.52. The normalized spacial score (nSPS) is 10.2. The molecule has 3 nitrogen and oxygen atoms in total. The summed E-state index contributed by atoms with van der Waals surface area (Å²) >= 11 is 0. The van der Waals surface area contributed by atoms with E-state index in [0.717, 1.165) is 18.7 Å². The molecule has 21 heavy (non-hydrogen) atoms. The highest BCUT2D eigenvalue weighted by Crippen LogP contribution is 2.21. The van der Waals surface area contributed by atoms with Gasteiger partial charge in [0.15, 0.2) is 0 Å². The Balaban J connectivity index is 2.24. The van der Waals surface area contributed by atoms with E-state index in [9.17, 15) is 9.18 Å². The summed E-state index contributed by atoms with van der Waals surface area (Å²) in [6.07, 6.45) is 0.982. The molecule has 0 heterocycles. The minimum absolute atomic E-state index is 0.124. The Morgan fingerprint density at radius 2 is 1.81 bits per heavy atom. The Kier molecular flexibility index (Phi) is 4.93. The Morgan fingerprint density at radius 1 is 1.14 bits per heavy atom. The predicted octanol–water partition coefficient (Wildman–Crippen LogP) is 3.92. The van der Waals surface area contributed by atoms with E-state index >= 15 is 0 Å². The van der Waals surface area contributed by atoms with Crippen molar-refractivity contribution in [1.82, 2.24) is 0 Å². The Labute approximate surface area is 124 Å². The SMILES string of the molecule is CCCNc1ccccc1C(=O)N(C)c1ccc(F)cc1. The van der Waals surface area contributed by atoms with Crippen molar-refractivity contribution in [2.45, 2.75) is 13.3 Å². The summed E-state index contributed by atoms with van der Waals surface area (Å²) in [5.41, 5.74) is 2.09. The maximum absolute atomic E-state index is 13.0. The van der Waals surface area contributed by atoms with E-state index in [1.165, 1.54) is 17.0 Å². The van der Waals surface area contributed by atoms with Crippen LogP contribution in [0.15, 0.2) is 48.5 Å². The van der Waals surface area contributed by atoms with Crippen LogP contribution in [0.25, 0.3) is 0 Å². The number of benzene rings is 2. The second kappa shape index (κ2) is 6.88. The number of carbonyl (C=O) groups excluding carboxylic acids is 1. The van der Waals surface area contributed by atoms with E-state index < -0.39 is 0 Å². The van der Waals surface area contributed by atoms with Crippen LogP contribution in [0.3, 0.4) is 0 Å². The molecule has 0 fully saturated rings. The largest absolute Gasteiger partial charge is 0.384 e. The predicted molar refractivity (Wildman–Crippen MR) is 84.4 cm³/mol. The summed E-state index contributed by atoms with van der Waals surface area (Å²) in [5, 5.41) is 3.25. The van der Waals surface area contributed by atoms with Crippen LogP contribution in [-0.4, -0.2) is 19.5 Å². The second-order valence-electron chi connectivity index (χ2n) is 4.81. The molecule has 0 aromatic heterocycles. The number of carbonyl (C=O) groups is 1. The van der Waals surface area contributed by atoms with Crippen LogP contribution in [0.2, 0.25) is 0 Å². The zero-order valence-corrected chi connectivity index (χ0v) is 12.3. The summed E-state index contributed by atoms with van der Waals surface area (Å²) in [7, 11) is 1.69. The van der Waals surface area contributed by atoms with Gasteiger partial charge in [0.25, 0.3) is 5.91 Å². The number of nitrogens with zero attached hydrogens (tertiary/aromatic N) is 1. The minimum atomic E-state index is -0.315. The van der Waals surface area contributed by atoms with Crippen LogP contribution in [0, 0.1) is 5.82 Å². The van der Waals surface area contributed by atoms with Gasteiger partial charge < -0.3 is 10.2 Å². The fourth-order valence-corrected chi connectivity index (χ4v) is 2.05. The minimum Gasteiger partial charge on any atom is -0.384 e. The number of nitrogens with one attached hydrogen (secondary N) is 1. The molecule has 4 heteroatoms. The number of anilines is 2. The second-order valence-corrected chi connectivity index (χ2v) is 4.81. The van der Waals surface area contributed by atoms with Crippen molar-refractivity contribution in [2.24, 2.45) is 0 Å². The van der Waals surface area contributed by atoms with Crippen molar-refractivity contribution < 1.29 is 9.18 Å². The molecule has 2 rings (SSSR count). The molecule has 0 spiro atoms. The third-order valence-electron chi connectivity index (χ3n) is 3.24. The van der Waals surface area contributed by atoms with Crippen LogP contribution < -0.4 is 10.2 Å². The maximum Gasteiger partial charge on any atom is 0.260 e. The van der Waals surface area contributed by atoms with E-state index in [2.05, 4.69) is 12.2 Å². The fraction of sp³-hybridized carbons (Fsp3) is 0.235. The summed E-state index contributed by atoms with van der Waals surface area (Å²) in [5.74, 6) is -0.439. The first-order chi connectivity index (χ1) is 10.1. The molecular weight excluding hydrogens is 267 g/mol. The fourth-order valence-electron chi connectivity index (χ4n) is 2.05. The van der Waals surface area contributed by atoms with Crippen LogP contribution in [0.5, 0.6) is 0 Å². The summed E-state index contributed by atoms with van der Waals surface area (Å²) in [4.78, 5) is 14.1. The molecule has 2 aromatic carbocycles. The van der Waals surface area contributed by atoms with Gasteiger partial charge in [0.05, 0.1) is 5.56 Å². The van der Waals surface area contributed by atoms with Crippen molar-refractivity contribution >= 4 is 17.3 Å². The van der Waals surface area contributed by atoms with Crippen molar-refractivity contribution in [3.8, 4) is 0 Å². The first-order valence-electron chi connectivity index (χ1n) is 7.00. The summed E-state index contributed by atoms with van der Waals surface area (Å²) < 4.78 is 13.0. The highest BCUT2D eigenvalue weighted by atomic mass is 19.1. The molecule has 0 atom stereocenters. The van der Waals surface area contributed by atoms with Gasteiger partial charge in [-0.2, -0.15) is 0 Å². The molecule has 0 saturated carbocycles. The molecule has 110 valence electrons. The van der Waals surface area contributed by atoms with E-state index in [-0.39, 0.29) is 11.7 Å². The van der Waals surface area contributed by atoms with Crippen molar-refractivity contribution in [3.05, 3.63) is 59.9 Å². The van der Waals surface area contributed by atoms with E-state index in [4.69, 9.17) is 0 Å². The van der Waals surface area contributed by atoms with Gasteiger partial charge in [0, 0.05) is 25.0 Å².